The van der Waals surface area contributed by atoms with E-state index in [1.807, 2.05) is 13.8 Å². The first-order chi connectivity index (χ1) is 14.8. The zero-order valence-electron chi connectivity index (χ0n) is 18.9. The number of aliphatic carboxylic acids is 5. The van der Waals surface area contributed by atoms with Gasteiger partial charge in [0.15, 0.2) is 0 Å². The van der Waals surface area contributed by atoms with E-state index in [1.54, 1.807) is 13.8 Å². The summed E-state index contributed by atoms with van der Waals surface area (Å²) in [5, 5.41) is 45.3. The first-order valence-electron chi connectivity index (χ1n) is 10.1. The molecule has 0 radical (unpaired) electrons. The predicted molar refractivity (Wildman–Crippen MR) is 113 cm³/mol. The Morgan fingerprint density at radius 3 is 1.28 bits per heavy atom. The van der Waals surface area contributed by atoms with Gasteiger partial charge in [-0.15, -0.1) is 0 Å². The van der Waals surface area contributed by atoms with Crippen LogP contribution in [0.2, 0.25) is 0 Å². The second-order valence-electron chi connectivity index (χ2n) is 6.88. The molecule has 0 rings (SSSR count). The molecule has 0 heterocycles. The maximum atomic E-state index is 11.3. The second kappa shape index (κ2) is 16.9. The third-order valence-corrected chi connectivity index (χ3v) is 4.31. The SMILES string of the molecule is CC.CCC(CN(CC(=O)O)CC(C)N(CC(=O)O)CC(=O)O)N(CC(=O)O)CC(=O)O. The van der Waals surface area contributed by atoms with Crippen molar-refractivity contribution in [3.8, 4) is 0 Å². The molecule has 186 valence electrons. The summed E-state index contributed by atoms with van der Waals surface area (Å²) in [6.07, 6.45) is 0.332. The standard InChI is InChI=1S/C17H29N3O10.C2H6/c1-3-12(20(9-16(27)28)10-17(29)30)5-18(6-13(21)22)4-11(2)19(7-14(23)24)8-15(25)26;1-2/h11-12H,3-10H2,1-2H3,(H,21,22)(H,23,24)(H,25,26)(H,27,28)(H,29,30);1-2H3. The molecule has 0 amide bonds. The largest absolute Gasteiger partial charge is 0.480 e. The number of carboxylic acid groups (broad SMARTS) is 5. The van der Waals surface area contributed by atoms with Crippen molar-refractivity contribution in [3.63, 3.8) is 0 Å². The van der Waals surface area contributed by atoms with E-state index in [9.17, 15) is 29.1 Å². The molecule has 32 heavy (non-hydrogen) atoms. The van der Waals surface area contributed by atoms with Gasteiger partial charge in [0.25, 0.3) is 0 Å². The van der Waals surface area contributed by atoms with Crippen LogP contribution in [0.4, 0.5) is 0 Å². The molecule has 0 spiro atoms. The summed E-state index contributed by atoms with van der Waals surface area (Å²) in [5.41, 5.74) is 0. The number of nitrogens with zero attached hydrogens (tertiary/aromatic N) is 3. The van der Waals surface area contributed by atoms with Crippen LogP contribution in [0.1, 0.15) is 34.1 Å². The van der Waals surface area contributed by atoms with E-state index in [0.717, 1.165) is 4.90 Å². The van der Waals surface area contributed by atoms with Crippen LogP contribution in [-0.2, 0) is 24.0 Å². The smallest absolute Gasteiger partial charge is 0.317 e. The van der Waals surface area contributed by atoms with E-state index in [4.69, 9.17) is 20.4 Å². The normalized spacial score (nSPS) is 12.7. The number of carboxylic acids is 5. The van der Waals surface area contributed by atoms with Crippen LogP contribution in [0.3, 0.4) is 0 Å². The fourth-order valence-electron chi connectivity index (χ4n) is 3.06. The molecule has 0 aromatic heterocycles. The minimum atomic E-state index is -1.24. The van der Waals surface area contributed by atoms with Gasteiger partial charge in [0, 0.05) is 25.2 Å². The molecule has 0 aliphatic rings. The fraction of sp³-hybridized carbons (Fsp3) is 0.737. The molecular weight excluding hydrogens is 430 g/mol. The van der Waals surface area contributed by atoms with Crippen LogP contribution in [0.15, 0.2) is 0 Å². The van der Waals surface area contributed by atoms with Gasteiger partial charge in [-0.25, -0.2) is 0 Å². The van der Waals surface area contributed by atoms with Crippen molar-refractivity contribution in [1.82, 2.24) is 14.7 Å². The highest BCUT2D eigenvalue weighted by Gasteiger charge is 2.27. The summed E-state index contributed by atoms with van der Waals surface area (Å²) in [6, 6.07) is -1.25. The maximum Gasteiger partial charge on any atom is 0.317 e. The van der Waals surface area contributed by atoms with Gasteiger partial charge in [-0.05, 0) is 13.3 Å². The lowest BCUT2D eigenvalue weighted by Gasteiger charge is -2.35. The molecule has 0 aliphatic carbocycles. The molecule has 2 unspecified atom stereocenters. The molecule has 0 saturated heterocycles. The van der Waals surface area contributed by atoms with E-state index in [-0.39, 0.29) is 13.1 Å². The molecule has 13 heteroatoms. The van der Waals surface area contributed by atoms with Crippen molar-refractivity contribution in [2.24, 2.45) is 0 Å². The molecular formula is C19H35N3O10. The summed E-state index contributed by atoms with van der Waals surface area (Å²) in [6.45, 7) is 4.54. The first kappa shape index (κ1) is 31.4. The fourth-order valence-corrected chi connectivity index (χ4v) is 3.06. The molecule has 2 atom stereocenters. The van der Waals surface area contributed by atoms with Crippen molar-refractivity contribution in [2.75, 3.05) is 45.8 Å². The van der Waals surface area contributed by atoms with E-state index in [2.05, 4.69) is 0 Å². The monoisotopic (exact) mass is 465 g/mol. The van der Waals surface area contributed by atoms with Gasteiger partial charge in [-0.3, -0.25) is 38.7 Å². The van der Waals surface area contributed by atoms with Crippen LogP contribution in [0.25, 0.3) is 0 Å². The second-order valence-corrected chi connectivity index (χ2v) is 6.88. The Balaban J connectivity index is 0. The van der Waals surface area contributed by atoms with Crippen molar-refractivity contribution in [1.29, 1.82) is 0 Å². The van der Waals surface area contributed by atoms with Gasteiger partial charge in [-0.1, -0.05) is 20.8 Å². The van der Waals surface area contributed by atoms with E-state index < -0.39 is 74.7 Å². The maximum absolute atomic E-state index is 11.3. The molecule has 0 saturated carbocycles. The minimum Gasteiger partial charge on any atom is -0.480 e. The van der Waals surface area contributed by atoms with Gasteiger partial charge < -0.3 is 25.5 Å². The Morgan fingerprint density at radius 2 is 0.969 bits per heavy atom. The summed E-state index contributed by atoms with van der Waals surface area (Å²) in [7, 11) is 0. The predicted octanol–water partition coefficient (Wildman–Crippen LogP) is -0.491. The van der Waals surface area contributed by atoms with Crippen LogP contribution in [-0.4, -0.2) is 128 Å². The van der Waals surface area contributed by atoms with Crippen LogP contribution in [0.5, 0.6) is 0 Å². The zero-order valence-corrected chi connectivity index (χ0v) is 18.9. The lowest BCUT2D eigenvalue weighted by atomic mass is 10.1. The molecule has 5 N–H and O–H groups in total. The number of rotatable bonds is 17. The van der Waals surface area contributed by atoms with Crippen molar-refractivity contribution in [3.05, 3.63) is 0 Å². The third-order valence-electron chi connectivity index (χ3n) is 4.31. The van der Waals surface area contributed by atoms with E-state index in [1.165, 1.54) is 9.80 Å². The summed E-state index contributed by atoms with van der Waals surface area (Å²) >= 11 is 0. The number of carbonyl (C=O) groups is 5. The Kier molecular flexibility index (Phi) is 16.6. The highest BCUT2D eigenvalue weighted by atomic mass is 16.4. The van der Waals surface area contributed by atoms with E-state index >= 15 is 0 Å². The lowest BCUT2D eigenvalue weighted by Crippen LogP contribution is -2.52. The summed E-state index contributed by atoms with van der Waals surface area (Å²) in [5.74, 6) is -6.14. The Bertz CT molecular complexity index is 596. The van der Waals surface area contributed by atoms with Crippen molar-refractivity contribution >= 4 is 29.8 Å². The Morgan fingerprint density at radius 1 is 0.625 bits per heavy atom. The average molecular weight is 466 g/mol. The van der Waals surface area contributed by atoms with Gasteiger partial charge >= 0.3 is 29.8 Å². The topological polar surface area (TPSA) is 196 Å². The highest BCUT2D eigenvalue weighted by Crippen LogP contribution is 2.10. The van der Waals surface area contributed by atoms with Crippen LogP contribution in [0, 0.1) is 0 Å². The Hall–Kier alpha value is -2.77. The number of hydrogen-bond acceptors (Lipinski definition) is 8. The third kappa shape index (κ3) is 15.1. The summed E-state index contributed by atoms with van der Waals surface area (Å²) in [4.78, 5) is 59.3. The van der Waals surface area contributed by atoms with Gasteiger partial charge in [-0.2, -0.15) is 0 Å². The van der Waals surface area contributed by atoms with Gasteiger partial charge in [0.05, 0.1) is 32.7 Å². The minimum absolute atomic E-state index is 0.00167. The molecule has 13 nitrogen and oxygen atoms in total. The number of hydrogen-bond donors (Lipinski definition) is 5. The first-order valence-corrected chi connectivity index (χ1v) is 10.1. The molecule has 0 aromatic carbocycles. The zero-order chi connectivity index (χ0) is 25.4. The van der Waals surface area contributed by atoms with Crippen LogP contribution < -0.4 is 0 Å². The Labute approximate surface area is 186 Å². The molecule has 0 aromatic rings. The average Bonchev–Trinajstić information content (AvgIpc) is 2.64. The molecule has 0 bridgehead atoms. The van der Waals surface area contributed by atoms with E-state index in [0.29, 0.717) is 6.42 Å². The van der Waals surface area contributed by atoms with Crippen molar-refractivity contribution < 1.29 is 49.5 Å². The highest BCUT2D eigenvalue weighted by molar-refractivity contribution is 5.73. The van der Waals surface area contributed by atoms with Gasteiger partial charge in [0.2, 0.25) is 0 Å². The van der Waals surface area contributed by atoms with Crippen LogP contribution >= 0.6 is 0 Å². The lowest BCUT2D eigenvalue weighted by molar-refractivity contribution is -0.144. The molecule has 0 aliphatic heterocycles. The quantitative estimate of drug-likeness (QED) is 0.185. The summed E-state index contributed by atoms with van der Waals surface area (Å²) < 4.78 is 0. The van der Waals surface area contributed by atoms with Crippen molar-refractivity contribution in [2.45, 2.75) is 46.2 Å². The van der Waals surface area contributed by atoms with Gasteiger partial charge in [0.1, 0.15) is 0 Å². The molecule has 0 fully saturated rings.